The quantitative estimate of drug-likeness (QED) is 0.104. The molecular weight excluding hydrogens is 785 g/mol. The van der Waals surface area contributed by atoms with Crippen molar-refractivity contribution in [3.05, 3.63) is 131 Å². The first kappa shape index (κ1) is 40.9. The van der Waals surface area contributed by atoms with Gasteiger partial charge in [-0.3, -0.25) is 9.59 Å². The second-order valence-electron chi connectivity index (χ2n) is 17.3. The number of aromatic nitrogens is 4. The van der Waals surface area contributed by atoms with E-state index in [1.54, 1.807) is 0 Å². The highest BCUT2D eigenvalue weighted by molar-refractivity contribution is 5.88. The van der Waals surface area contributed by atoms with Crippen LogP contribution < -0.4 is 10.6 Å². The van der Waals surface area contributed by atoms with Crippen LogP contribution in [-0.4, -0.2) is 81.0 Å². The molecule has 4 N–H and O–H groups in total. The first-order valence-corrected chi connectivity index (χ1v) is 21.8. The lowest BCUT2D eigenvalue weighted by Crippen LogP contribution is -2.46. The van der Waals surface area contributed by atoms with Crippen LogP contribution in [0.4, 0.5) is 9.59 Å². The Balaban J connectivity index is 0.852. The van der Waals surface area contributed by atoms with Crippen LogP contribution >= 0.6 is 0 Å². The van der Waals surface area contributed by atoms with Crippen LogP contribution in [0.5, 0.6) is 0 Å². The number of likely N-dealkylation sites (tertiary alicyclic amines) is 2. The number of hydrogen-bond acceptors (Lipinski definition) is 8. The number of ether oxygens (including phenoxy) is 2. The van der Waals surface area contributed by atoms with E-state index in [2.05, 4.69) is 44.9 Å². The second-order valence-corrected chi connectivity index (χ2v) is 17.3. The normalized spacial score (nSPS) is 24.0. The number of hydrogen-bond donors (Lipinski definition) is 4. The summed E-state index contributed by atoms with van der Waals surface area (Å²) in [5.41, 5.74) is 6.01. The third kappa shape index (κ3) is 7.71. The monoisotopic (exact) mass is 838 g/mol. The molecule has 3 saturated carbocycles. The Morgan fingerprint density at radius 2 is 1.10 bits per heavy atom. The lowest BCUT2D eigenvalue weighted by atomic mass is 9.51. The number of benzene rings is 3. The molecule has 4 unspecified atom stereocenters. The molecule has 4 heterocycles. The van der Waals surface area contributed by atoms with Crippen molar-refractivity contribution >= 4 is 24.0 Å². The molecule has 3 aromatic carbocycles. The third-order valence-electron chi connectivity index (χ3n) is 14.2. The van der Waals surface area contributed by atoms with E-state index in [0.717, 1.165) is 92.8 Å². The predicted octanol–water partition coefficient (Wildman–Crippen LogP) is 7.87. The van der Waals surface area contributed by atoms with Crippen LogP contribution in [0.15, 0.2) is 97.3 Å². The van der Waals surface area contributed by atoms with E-state index < -0.39 is 24.3 Å². The van der Waals surface area contributed by atoms with Crippen molar-refractivity contribution in [3.8, 4) is 11.3 Å². The first-order valence-electron chi connectivity index (χ1n) is 21.8. The number of rotatable bonds is 11. The Morgan fingerprint density at radius 1 is 0.629 bits per heavy atom. The number of imidazole rings is 2. The van der Waals surface area contributed by atoms with Crippen molar-refractivity contribution in [2.45, 2.75) is 99.2 Å². The topological polar surface area (TPSA) is 175 Å². The number of carbonyl (C=O) groups is 4. The summed E-state index contributed by atoms with van der Waals surface area (Å²) in [5.74, 6) is 1.17. The fraction of sp³-hybridized carbons (Fsp3) is 0.417. The highest BCUT2D eigenvalue weighted by atomic mass is 16.5. The highest BCUT2D eigenvalue weighted by Gasteiger charge is 2.51. The molecule has 4 amide bonds. The van der Waals surface area contributed by atoms with Gasteiger partial charge in [0.15, 0.2) is 0 Å². The van der Waals surface area contributed by atoms with Crippen molar-refractivity contribution in [2.24, 2.45) is 0 Å². The highest BCUT2D eigenvalue weighted by Crippen LogP contribution is 2.58. The fourth-order valence-electron chi connectivity index (χ4n) is 10.6. The van der Waals surface area contributed by atoms with Gasteiger partial charge < -0.3 is 39.9 Å². The van der Waals surface area contributed by atoms with Crippen molar-refractivity contribution < 1.29 is 28.7 Å². The fourth-order valence-corrected chi connectivity index (χ4v) is 10.6. The zero-order valence-corrected chi connectivity index (χ0v) is 35.3. The van der Waals surface area contributed by atoms with Crippen LogP contribution in [0, 0.1) is 0 Å². The average Bonchev–Trinajstić information content (AvgIpc) is 4.18. The minimum atomic E-state index is -0.870. The molecule has 2 saturated heterocycles. The first-order chi connectivity index (χ1) is 30.2. The van der Waals surface area contributed by atoms with Gasteiger partial charge >= 0.3 is 12.2 Å². The molecule has 322 valence electrons. The van der Waals surface area contributed by atoms with Gasteiger partial charge in [-0.15, -0.1) is 0 Å². The van der Waals surface area contributed by atoms with E-state index in [4.69, 9.17) is 19.4 Å². The number of aromatic amines is 2. The largest absolute Gasteiger partial charge is 0.453 e. The Bertz CT molecular complexity index is 2370. The molecule has 62 heavy (non-hydrogen) atoms. The zero-order valence-electron chi connectivity index (χ0n) is 35.3. The summed E-state index contributed by atoms with van der Waals surface area (Å²) in [5, 5.41) is 5.49. The molecule has 5 fully saturated rings. The molecule has 2 bridgehead atoms. The van der Waals surface area contributed by atoms with Gasteiger partial charge in [0.25, 0.3) is 11.8 Å². The van der Waals surface area contributed by atoms with Crippen LogP contribution in [0.2, 0.25) is 0 Å². The van der Waals surface area contributed by atoms with E-state index >= 15 is 0 Å². The van der Waals surface area contributed by atoms with Gasteiger partial charge in [-0.25, -0.2) is 19.6 Å². The summed E-state index contributed by atoms with van der Waals surface area (Å²) in [7, 11) is 2.59. The molecule has 10 rings (SSSR count). The molecule has 14 nitrogen and oxygen atoms in total. The van der Waals surface area contributed by atoms with Gasteiger partial charge in [0.2, 0.25) is 0 Å². The third-order valence-corrected chi connectivity index (χ3v) is 14.2. The summed E-state index contributed by atoms with van der Waals surface area (Å²) < 4.78 is 9.72. The van der Waals surface area contributed by atoms with Crippen molar-refractivity contribution in [1.29, 1.82) is 0 Å². The maximum absolute atomic E-state index is 14.1. The van der Waals surface area contributed by atoms with E-state index in [1.807, 2.05) is 82.9 Å². The van der Waals surface area contributed by atoms with E-state index in [0.29, 0.717) is 24.2 Å². The minimum absolute atomic E-state index is 0.0255. The minimum Gasteiger partial charge on any atom is -0.453 e. The summed E-state index contributed by atoms with van der Waals surface area (Å²) >= 11 is 0. The van der Waals surface area contributed by atoms with Gasteiger partial charge in [-0.1, -0.05) is 84.9 Å². The molecule has 5 aromatic rings. The molecule has 0 radical (unpaired) electrons. The number of nitrogens with zero attached hydrogens (tertiary/aromatic N) is 4. The molecule has 0 spiro atoms. The number of fused-ring (bicyclic) bond motifs is 3. The molecule has 2 aliphatic heterocycles. The standard InChI is InChI=1S/C48H54N8O6/c1-61-45(59)53-39(32-11-5-3-6-12-32)43(57)55-27-9-15-36(55)41-49-29-35(51-41)31-17-19-34(20-18-31)47-21-24-48(25-22-47,26-23-47)38-30-50-42(52-38)37-16-10-28-56(37)44(58)40(54-46(60)62-2)33-13-7-4-8-14-33/h3-8,11-14,17-20,29-30,36-37,39-40H,9-10,15-16,21-28H2,1-2H3,(H,49,51)(H,50,52)(H,53,59)(H,54,60). The van der Waals surface area contributed by atoms with Gasteiger partial charge in [0.1, 0.15) is 23.7 Å². The Hall–Kier alpha value is -6.44. The summed E-state index contributed by atoms with van der Waals surface area (Å²) in [4.78, 5) is 73.2. The Labute approximate surface area is 361 Å². The number of amides is 4. The number of methoxy groups -OCH3 is 2. The van der Waals surface area contributed by atoms with Gasteiger partial charge in [0, 0.05) is 30.4 Å². The molecule has 2 aromatic heterocycles. The zero-order chi connectivity index (χ0) is 42.8. The van der Waals surface area contributed by atoms with Gasteiger partial charge in [-0.2, -0.15) is 0 Å². The van der Waals surface area contributed by atoms with E-state index in [9.17, 15) is 19.2 Å². The Morgan fingerprint density at radius 3 is 1.60 bits per heavy atom. The predicted molar refractivity (Wildman–Crippen MR) is 230 cm³/mol. The van der Waals surface area contributed by atoms with Crippen LogP contribution in [0.25, 0.3) is 11.3 Å². The van der Waals surface area contributed by atoms with Gasteiger partial charge in [0.05, 0.1) is 38.2 Å². The summed E-state index contributed by atoms with van der Waals surface area (Å²) in [6, 6.07) is 25.3. The Kier molecular flexibility index (Phi) is 11.3. The molecular formula is C48H54N8O6. The lowest BCUT2D eigenvalue weighted by molar-refractivity contribution is -0.135. The van der Waals surface area contributed by atoms with E-state index in [-0.39, 0.29) is 34.7 Å². The smallest absolute Gasteiger partial charge is 0.407 e. The van der Waals surface area contributed by atoms with Crippen molar-refractivity contribution in [2.75, 3.05) is 27.3 Å². The number of alkyl carbamates (subject to hydrolysis) is 2. The maximum Gasteiger partial charge on any atom is 0.407 e. The summed E-state index contributed by atoms with van der Waals surface area (Å²) in [6.45, 7) is 1.16. The van der Waals surface area contributed by atoms with E-state index in [1.165, 1.54) is 19.8 Å². The molecule has 3 aliphatic carbocycles. The van der Waals surface area contributed by atoms with Gasteiger partial charge in [-0.05, 0) is 91.9 Å². The van der Waals surface area contributed by atoms with Crippen molar-refractivity contribution in [3.63, 3.8) is 0 Å². The van der Waals surface area contributed by atoms with Crippen LogP contribution in [0.1, 0.15) is 122 Å². The SMILES string of the molecule is COC(=O)NC(C(=O)N1CCCC1c1ncc(-c2ccc(C34CCC(c5cnc(C6CCCN6C(=O)C(NC(=O)OC)c6ccccc6)[nH]5)(CC3)CC4)cc2)[nH]1)c1ccccc1. The maximum atomic E-state index is 14.1. The van der Waals surface area contributed by atoms with Crippen LogP contribution in [-0.2, 0) is 29.9 Å². The molecule has 14 heteroatoms. The number of nitrogens with one attached hydrogen (secondary N) is 4. The molecule has 5 aliphatic rings. The van der Waals surface area contributed by atoms with Crippen molar-refractivity contribution in [1.82, 2.24) is 40.4 Å². The number of H-pyrrole nitrogens is 2. The number of carbonyl (C=O) groups excluding carboxylic acids is 4. The van der Waals surface area contributed by atoms with Crippen LogP contribution in [0.3, 0.4) is 0 Å². The molecule has 4 atom stereocenters. The average molecular weight is 839 g/mol. The lowest BCUT2D eigenvalue weighted by Gasteiger charge is -2.53. The summed E-state index contributed by atoms with van der Waals surface area (Å²) in [6.07, 6.45) is 12.2. The second kappa shape index (κ2) is 17.1.